The number of carbonyl (C=O) groups excluding carboxylic acids is 2. The van der Waals surface area contributed by atoms with E-state index < -0.39 is 0 Å². The maximum absolute atomic E-state index is 12.5. The van der Waals surface area contributed by atoms with E-state index in [1.165, 1.54) is 7.11 Å². The highest BCUT2D eigenvalue weighted by molar-refractivity contribution is 5.94. The van der Waals surface area contributed by atoms with Crippen molar-refractivity contribution in [3.05, 3.63) is 35.4 Å². The van der Waals surface area contributed by atoms with Gasteiger partial charge in [0.15, 0.2) is 0 Å². The van der Waals surface area contributed by atoms with E-state index in [2.05, 4.69) is 4.74 Å². The van der Waals surface area contributed by atoms with E-state index in [0.29, 0.717) is 18.7 Å². The Morgan fingerprint density at radius 2 is 1.82 bits per heavy atom. The SMILES string of the molecule is COC(=O)CCN(CCOCCO)C(=O)c1ccc(C)cc1. The van der Waals surface area contributed by atoms with Crippen LogP contribution in [0.2, 0.25) is 0 Å². The van der Waals surface area contributed by atoms with Crippen LogP contribution in [-0.2, 0) is 14.3 Å². The fourth-order valence-corrected chi connectivity index (χ4v) is 1.86. The molecular weight excluding hydrogens is 286 g/mol. The minimum atomic E-state index is -0.363. The summed E-state index contributed by atoms with van der Waals surface area (Å²) in [6, 6.07) is 7.26. The van der Waals surface area contributed by atoms with Gasteiger partial charge >= 0.3 is 5.97 Å². The summed E-state index contributed by atoms with van der Waals surface area (Å²) >= 11 is 0. The molecule has 1 rings (SSSR count). The smallest absolute Gasteiger partial charge is 0.307 e. The van der Waals surface area contributed by atoms with Crippen LogP contribution in [-0.4, -0.2) is 61.9 Å². The second-order valence-electron chi connectivity index (χ2n) is 4.82. The average Bonchev–Trinajstić information content (AvgIpc) is 2.54. The summed E-state index contributed by atoms with van der Waals surface area (Å²) in [4.78, 5) is 25.3. The average molecular weight is 309 g/mol. The minimum Gasteiger partial charge on any atom is -0.469 e. The molecule has 0 saturated heterocycles. The van der Waals surface area contributed by atoms with Crippen LogP contribution in [0.1, 0.15) is 22.3 Å². The van der Waals surface area contributed by atoms with Crippen molar-refractivity contribution in [3.8, 4) is 0 Å². The number of aliphatic hydroxyl groups is 1. The molecule has 0 radical (unpaired) electrons. The number of nitrogens with zero attached hydrogens (tertiary/aromatic N) is 1. The molecule has 1 aromatic rings. The fourth-order valence-electron chi connectivity index (χ4n) is 1.86. The molecule has 0 aromatic heterocycles. The van der Waals surface area contributed by atoms with E-state index in [0.717, 1.165) is 5.56 Å². The van der Waals surface area contributed by atoms with Crippen molar-refractivity contribution in [1.29, 1.82) is 0 Å². The van der Waals surface area contributed by atoms with Crippen LogP contribution in [0.15, 0.2) is 24.3 Å². The fraction of sp³-hybridized carbons (Fsp3) is 0.500. The Bertz CT molecular complexity index is 472. The number of methoxy groups -OCH3 is 1. The minimum absolute atomic E-state index is 0.0614. The topological polar surface area (TPSA) is 76.1 Å². The Balaban J connectivity index is 2.67. The highest BCUT2D eigenvalue weighted by Gasteiger charge is 2.17. The van der Waals surface area contributed by atoms with Gasteiger partial charge in [-0.15, -0.1) is 0 Å². The molecule has 0 aliphatic rings. The van der Waals surface area contributed by atoms with E-state index in [1.54, 1.807) is 17.0 Å². The number of hydrogen-bond donors (Lipinski definition) is 1. The van der Waals surface area contributed by atoms with E-state index in [9.17, 15) is 9.59 Å². The number of rotatable bonds is 9. The van der Waals surface area contributed by atoms with Crippen LogP contribution >= 0.6 is 0 Å². The number of amides is 1. The van der Waals surface area contributed by atoms with Gasteiger partial charge in [0.2, 0.25) is 0 Å². The second kappa shape index (κ2) is 9.92. The third-order valence-electron chi connectivity index (χ3n) is 3.14. The summed E-state index contributed by atoms with van der Waals surface area (Å²) in [6.07, 6.45) is 0.133. The molecule has 0 heterocycles. The van der Waals surface area contributed by atoms with Gasteiger partial charge in [0.25, 0.3) is 5.91 Å². The monoisotopic (exact) mass is 309 g/mol. The van der Waals surface area contributed by atoms with Gasteiger partial charge < -0.3 is 19.5 Å². The summed E-state index contributed by atoms with van der Waals surface area (Å²) in [5.74, 6) is -0.519. The molecule has 6 nitrogen and oxygen atoms in total. The number of benzene rings is 1. The summed E-state index contributed by atoms with van der Waals surface area (Å²) in [5, 5.41) is 8.69. The first-order valence-corrected chi connectivity index (χ1v) is 7.20. The van der Waals surface area contributed by atoms with Crippen molar-refractivity contribution in [2.45, 2.75) is 13.3 Å². The van der Waals surface area contributed by atoms with Gasteiger partial charge in [-0.2, -0.15) is 0 Å². The Morgan fingerprint density at radius 3 is 2.41 bits per heavy atom. The lowest BCUT2D eigenvalue weighted by Gasteiger charge is -2.22. The number of hydrogen-bond acceptors (Lipinski definition) is 5. The van der Waals surface area contributed by atoms with Gasteiger partial charge in [0.1, 0.15) is 0 Å². The summed E-state index contributed by atoms with van der Waals surface area (Å²) in [5.41, 5.74) is 1.64. The van der Waals surface area contributed by atoms with Crippen LogP contribution in [0.4, 0.5) is 0 Å². The molecule has 1 aromatic carbocycles. The van der Waals surface area contributed by atoms with Crippen molar-refractivity contribution < 1.29 is 24.2 Å². The van der Waals surface area contributed by atoms with Gasteiger partial charge in [-0.3, -0.25) is 9.59 Å². The Kier molecular flexibility index (Phi) is 8.17. The van der Waals surface area contributed by atoms with Crippen molar-refractivity contribution >= 4 is 11.9 Å². The summed E-state index contributed by atoms with van der Waals surface area (Å²) < 4.78 is 9.80. The van der Waals surface area contributed by atoms with Gasteiger partial charge in [-0.25, -0.2) is 0 Å². The number of aryl methyl sites for hydroxylation is 1. The zero-order valence-corrected chi connectivity index (χ0v) is 13.1. The van der Waals surface area contributed by atoms with Crippen LogP contribution < -0.4 is 0 Å². The highest BCUT2D eigenvalue weighted by Crippen LogP contribution is 2.08. The molecule has 0 aliphatic carbocycles. The molecule has 0 saturated carbocycles. The maximum Gasteiger partial charge on any atom is 0.307 e. The molecule has 22 heavy (non-hydrogen) atoms. The Morgan fingerprint density at radius 1 is 1.14 bits per heavy atom. The summed E-state index contributed by atoms with van der Waals surface area (Å²) in [6.45, 7) is 3.04. The molecule has 122 valence electrons. The second-order valence-corrected chi connectivity index (χ2v) is 4.82. The lowest BCUT2D eigenvalue weighted by atomic mass is 10.1. The van der Waals surface area contributed by atoms with Crippen molar-refractivity contribution in [3.63, 3.8) is 0 Å². The molecule has 0 atom stereocenters. The first-order chi connectivity index (χ1) is 10.6. The summed E-state index contributed by atoms with van der Waals surface area (Å²) in [7, 11) is 1.32. The highest BCUT2D eigenvalue weighted by atomic mass is 16.5. The molecule has 0 fully saturated rings. The standard InChI is InChI=1S/C16H23NO5/c1-13-3-5-14(6-4-13)16(20)17(8-7-15(19)21-2)9-11-22-12-10-18/h3-6,18H,7-12H2,1-2H3. The van der Waals surface area contributed by atoms with Gasteiger partial charge in [-0.1, -0.05) is 17.7 Å². The largest absolute Gasteiger partial charge is 0.469 e. The Hall–Kier alpha value is -1.92. The van der Waals surface area contributed by atoms with Crippen molar-refractivity contribution in [2.75, 3.05) is 40.0 Å². The number of carbonyl (C=O) groups is 2. The Labute approximate surface area is 130 Å². The zero-order chi connectivity index (χ0) is 16.4. The molecule has 0 unspecified atom stereocenters. The van der Waals surface area contributed by atoms with Crippen LogP contribution in [0, 0.1) is 6.92 Å². The maximum atomic E-state index is 12.5. The molecule has 0 spiro atoms. The first-order valence-electron chi connectivity index (χ1n) is 7.20. The van der Waals surface area contributed by atoms with E-state index >= 15 is 0 Å². The van der Waals surface area contributed by atoms with E-state index in [1.807, 2.05) is 19.1 Å². The van der Waals surface area contributed by atoms with Gasteiger partial charge in [-0.05, 0) is 19.1 Å². The molecule has 1 N–H and O–H groups in total. The third-order valence-corrected chi connectivity index (χ3v) is 3.14. The third kappa shape index (κ3) is 6.24. The van der Waals surface area contributed by atoms with Crippen LogP contribution in [0.25, 0.3) is 0 Å². The molecule has 6 heteroatoms. The quantitative estimate of drug-likeness (QED) is 0.544. The zero-order valence-electron chi connectivity index (χ0n) is 13.1. The van der Waals surface area contributed by atoms with Crippen molar-refractivity contribution in [2.24, 2.45) is 0 Å². The number of ether oxygens (including phenoxy) is 2. The van der Waals surface area contributed by atoms with Gasteiger partial charge in [0, 0.05) is 18.7 Å². The normalized spacial score (nSPS) is 10.3. The van der Waals surface area contributed by atoms with Crippen LogP contribution in [0.3, 0.4) is 0 Å². The molecule has 0 aliphatic heterocycles. The van der Waals surface area contributed by atoms with E-state index in [4.69, 9.17) is 9.84 Å². The number of esters is 1. The number of aliphatic hydroxyl groups excluding tert-OH is 1. The first kappa shape index (κ1) is 18.1. The molecule has 1 amide bonds. The van der Waals surface area contributed by atoms with Crippen LogP contribution in [0.5, 0.6) is 0 Å². The van der Waals surface area contributed by atoms with Gasteiger partial charge in [0.05, 0.1) is 33.4 Å². The van der Waals surface area contributed by atoms with Crippen molar-refractivity contribution in [1.82, 2.24) is 4.90 Å². The molecular formula is C16H23NO5. The lowest BCUT2D eigenvalue weighted by Crippen LogP contribution is -2.36. The molecule has 0 bridgehead atoms. The lowest BCUT2D eigenvalue weighted by molar-refractivity contribution is -0.140. The van der Waals surface area contributed by atoms with E-state index in [-0.39, 0.29) is 38.1 Å². The predicted octanol–water partition coefficient (Wildman–Crippen LogP) is 1.01. The predicted molar refractivity (Wildman–Crippen MR) is 81.6 cm³/mol.